The lowest BCUT2D eigenvalue weighted by molar-refractivity contribution is 0.0521. The molecule has 5 heteroatoms. The Balaban J connectivity index is 2.32. The van der Waals surface area contributed by atoms with Gasteiger partial charge >= 0.3 is 5.97 Å². The first-order valence-electron chi connectivity index (χ1n) is 8.03. The molecule has 2 rings (SSSR count). The van der Waals surface area contributed by atoms with Crippen LogP contribution in [0.2, 0.25) is 0 Å². The number of hydrogen-bond acceptors (Lipinski definition) is 4. The Morgan fingerprint density at radius 2 is 2.05 bits per heavy atom. The van der Waals surface area contributed by atoms with Gasteiger partial charge < -0.3 is 15.0 Å². The molecule has 2 N–H and O–H groups in total. The maximum absolute atomic E-state index is 12.0. The highest BCUT2D eigenvalue weighted by Crippen LogP contribution is 2.38. The number of rotatable bonds is 4. The van der Waals surface area contributed by atoms with Crippen LogP contribution in [0.1, 0.15) is 69.3 Å². The third-order valence-corrected chi connectivity index (χ3v) is 4.74. The Labute approximate surface area is 126 Å². The molecule has 21 heavy (non-hydrogen) atoms. The molecule has 0 radical (unpaired) electrons. The van der Waals surface area contributed by atoms with Crippen LogP contribution in [0.15, 0.2) is 0 Å². The van der Waals surface area contributed by atoms with Crippen LogP contribution in [-0.2, 0) is 11.2 Å². The third-order valence-electron chi connectivity index (χ3n) is 4.74. The minimum Gasteiger partial charge on any atom is -0.461 e. The molecule has 0 aliphatic heterocycles. The predicted octanol–water partition coefficient (Wildman–Crippen LogP) is 3.20. The predicted molar refractivity (Wildman–Crippen MR) is 83.2 cm³/mol. The second kappa shape index (κ2) is 6.50. The molecule has 0 saturated heterocycles. The van der Waals surface area contributed by atoms with Gasteiger partial charge in [-0.2, -0.15) is 0 Å². The minimum atomic E-state index is -0.416. The van der Waals surface area contributed by atoms with E-state index in [9.17, 15) is 4.79 Å². The Hall–Kier alpha value is -1.52. The second-order valence-corrected chi connectivity index (χ2v) is 6.13. The third kappa shape index (κ3) is 3.06. The van der Waals surface area contributed by atoms with Crippen LogP contribution in [0, 0.1) is 11.8 Å². The molecule has 1 saturated carbocycles. The van der Waals surface area contributed by atoms with Gasteiger partial charge in [-0.15, -0.1) is 0 Å². The molecule has 1 heterocycles. The quantitative estimate of drug-likeness (QED) is 0.865. The summed E-state index contributed by atoms with van der Waals surface area (Å²) >= 11 is 0. The van der Waals surface area contributed by atoms with E-state index in [1.807, 2.05) is 6.92 Å². The number of carbonyl (C=O) groups is 1. The Morgan fingerprint density at radius 1 is 1.33 bits per heavy atom. The summed E-state index contributed by atoms with van der Waals surface area (Å²) in [5, 5.41) is 0. The van der Waals surface area contributed by atoms with Gasteiger partial charge in [0.25, 0.3) is 0 Å². The molecule has 0 aromatic carbocycles. The van der Waals surface area contributed by atoms with Crippen molar-refractivity contribution >= 4 is 11.8 Å². The molecular weight excluding hydrogens is 266 g/mol. The van der Waals surface area contributed by atoms with E-state index in [2.05, 4.69) is 23.4 Å². The number of anilines is 1. The van der Waals surface area contributed by atoms with Gasteiger partial charge in [-0.1, -0.05) is 20.8 Å². The molecule has 1 fully saturated rings. The summed E-state index contributed by atoms with van der Waals surface area (Å²) in [6.07, 6.45) is 4.16. The number of ether oxygens (including phenoxy) is 1. The van der Waals surface area contributed by atoms with E-state index in [4.69, 9.17) is 10.5 Å². The van der Waals surface area contributed by atoms with Crippen LogP contribution >= 0.6 is 0 Å². The number of aryl methyl sites for hydroxylation is 1. The monoisotopic (exact) mass is 293 g/mol. The van der Waals surface area contributed by atoms with E-state index in [0.717, 1.165) is 31.0 Å². The molecule has 1 aromatic rings. The fourth-order valence-corrected chi connectivity index (χ4v) is 3.25. The van der Waals surface area contributed by atoms with E-state index < -0.39 is 5.97 Å². The van der Waals surface area contributed by atoms with Crippen molar-refractivity contribution in [2.75, 3.05) is 12.3 Å². The van der Waals surface area contributed by atoms with E-state index in [-0.39, 0.29) is 5.69 Å². The lowest BCUT2D eigenvalue weighted by Crippen LogP contribution is -2.25. The van der Waals surface area contributed by atoms with Crippen molar-refractivity contribution in [3.63, 3.8) is 0 Å². The highest BCUT2D eigenvalue weighted by atomic mass is 16.5. The minimum absolute atomic E-state index is 0.278. The summed E-state index contributed by atoms with van der Waals surface area (Å²) in [6, 6.07) is 0.349. The molecule has 0 amide bonds. The topological polar surface area (TPSA) is 70.1 Å². The maximum Gasteiger partial charge on any atom is 0.360 e. The highest BCUT2D eigenvalue weighted by molar-refractivity contribution is 5.92. The molecule has 3 atom stereocenters. The van der Waals surface area contributed by atoms with Gasteiger partial charge in [0.1, 0.15) is 11.6 Å². The standard InChI is InChI=1S/C16H27N3O2/c1-5-13-18-14(16(20)21-6-2)15(17)19(13)12-8-7-10(3)11(4)9-12/h10-12H,5-9,17H2,1-4H3. The van der Waals surface area contributed by atoms with Crippen LogP contribution in [-0.4, -0.2) is 22.1 Å². The second-order valence-electron chi connectivity index (χ2n) is 6.13. The lowest BCUT2D eigenvalue weighted by Gasteiger charge is -2.34. The molecule has 3 unspecified atom stereocenters. The first-order chi connectivity index (χ1) is 9.99. The van der Waals surface area contributed by atoms with Crippen LogP contribution < -0.4 is 5.73 Å². The van der Waals surface area contributed by atoms with Crippen molar-refractivity contribution < 1.29 is 9.53 Å². The highest BCUT2D eigenvalue weighted by Gasteiger charge is 2.30. The van der Waals surface area contributed by atoms with Gasteiger partial charge in [-0.3, -0.25) is 0 Å². The fraction of sp³-hybridized carbons (Fsp3) is 0.750. The molecule has 1 aliphatic rings. The molecule has 1 aromatic heterocycles. The summed E-state index contributed by atoms with van der Waals surface area (Å²) in [7, 11) is 0. The summed E-state index contributed by atoms with van der Waals surface area (Å²) in [5.41, 5.74) is 6.50. The average molecular weight is 293 g/mol. The summed E-state index contributed by atoms with van der Waals surface area (Å²) < 4.78 is 7.13. The van der Waals surface area contributed by atoms with Crippen LogP contribution in [0.5, 0.6) is 0 Å². The zero-order chi connectivity index (χ0) is 15.6. The largest absolute Gasteiger partial charge is 0.461 e. The lowest BCUT2D eigenvalue weighted by atomic mass is 9.79. The van der Waals surface area contributed by atoms with Crippen molar-refractivity contribution in [1.29, 1.82) is 0 Å². The van der Waals surface area contributed by atoms with Crippen molar-refractivity contribution in [3.8, 4) is 0 Å². The maximum atomic E-state index is 12.0. The van der Waals surface area contributed by atoms with Crippen LogP contribution in [0.25, 0.3) is 0 Å². The van der Waals surface area contributed by atoms with Crippen LogP contribution in [0.4, 0.5) is 5.82 Å². The number of nitrogens with zero attached hydrogens (tertiary/aromatic N) is 2. The van der Waals surface area contributed by atoms with Gasteiger partial charge in [-0.25, -0.2) is 9.78 Å². The van der Waals surface area contributed by atoms with Gasteiger partial charge in [0, 0.05) is 12.5 Å². The van der Waals surface area contributed by atoms with E-state index in [1.54, 1.807) is 6.92 Å². The van der Waals surface area contributed by atoms with Crippen molar-refractivity contribution in [3.05, 3.63) is 11.5 Å². The molecule has 0 spiro atoms. The fourth-order valence-electron chi connectivity index (χ4n) is 3.25. The number of carbonyl (C=O) groups excluding carboxylic acids is 1. The summed E-state index contributed by atoms with van der Waals surface area (Å²) in [5.74, 6) is 2.36. The SMILES string of the molecule is CCOC(=O)c1nc(CC)n(C2CCC(C)C(C)C2)c1N. The van der Waals surface area contributed by atoms with Gasteiger partial charge in [-0.05, 0) is 38.0 Å². The first kappa shape index (κ1) is 15.9. The van der Waals surface area contributed by atoms with Crippen molar-refractivity contribution in [2.24, 2.45) is 11.8 Å². The number of nitrogen functional groups attached to an aromatic ring is 1. The number of aromatic nitrogens is 2. The van der Waals surface area contributed by atoms with Gasteiger partial charge in [0.2, 0.25) is 0 Å². The van der Waals surface area contributed by atoms with Crippen molar-refractivity contribution in [2.45, 2.75) is 59.4 Å². The molecule has 118 valence electrons. The van der Waals surface area contributed by atoms with E-state index in [1.165, 1.54) is 6.42 Å². The Kier molecular flexibility index (Phi) is 4.91. The molecule has 1 aliphatic carbocycles. The van der Waals surface area contributed by atoms with Crippen LogP contribution in [0.3, 0.4) is 0 Å². The van der Waals surface area contributed by atoms with Gasteiger partial charge in [0.15, 0.2) is 5.69 Å². The zero-order valence-electron chi connectivity index (χ0n) is 13.6. The normalized spacial score (nSPS) is 25.8. The van der Waals surface area contributed by atoms with E-state index >= 15 is 0 Å². The van der Waals surface area contributed by atoms with E-state index in [0.29, 0.717) is 24.4 Å². The Morgan fingerprint density at radius 3 is 2.62 bits per heavy atom. The molecular formula is C16H27N3O2. The number of hydrogen-bond donors (Lipinski definition) is 1. The molecule has 0 bridgehead atoms. The summed E-state index contributed by atoms with van der Waals surface area (Å²) in [6.45, 7) is 8.77. The number of esters is 1. The zero-order valence-corrected chi connectivity index (χ0v) is 13.6. The van der Waals surface area contributed by atoms with Gasteiger partial charge in [0.05, 0.1) is 6.61 Å². The molecule has 5 nitrogen and oxygen atoms in total. The van der Waals surface area contributed by atoms with Crippen molar-refractivity contribution in [1.82, 2.24) is 9.55 Å². The average Bonchev–Trinajstić information content (AvgIpc) is 2.79. The number of nitrogens with two attached hydrogens (primary N) is 1. The summed E-state index contributed by atoms with van der Waals surface area (Å²) in [4.78, 5) is 16.4. The Bertz CT molecular complexity index is 510. The smallest absolute Gasteiger partial charge is 0.360 e. The number of imidazole rings is 1. The first-order valence-corrected chi connectivity index (χ1v) is 8.03.